The first-order valence-corrected chi connectivity index (χ1v) is 6.94. The van der Waals surface area contributed by atoms with Crippen molar-refractivity contribution < 1.29 is 23.0 Å². The van der Waals surface area contributed by atoms with Gasteiger partial charge in [0.15, 0.2) is 11.5 Å². The molecule has 24 heavy (non-hydrogen) atoms. The lowest BCUT2D eigenvalue weighted by Crippen LogP contribution is -2.12. The van der Waals surface area contributed by atoms with Gasteiger partial charge in [-0.25, -0.2) is 0 Å². The number of hydrogen-bond donors (Lipinski definition) is 2. The van der Waals surface area contributed by atoms with Crippen molar-refractivity contribution in [1.82, 2.24) is 10.2 Å². The third-order valence-electron chi connectivity index (χ3n) is 3.34. The largest absolute Gasteiger partial charge is 0.493 e. The second-order valence-electron chi connectivity index (χ2n) is 4.87. The first-order valence-electron chi connectivity index (χ1n) is 6.94. The summed E-state index contributed by atoms with van der Waals surface area (Å²) in [5.74, 6) is -0.489. The Morgan fingerprint density at radius 2 is 2.04 bits per heavy atom. The summed E-state index contributed by atoms with van der Waals surface area (Å²) in [7, 11) is 1.31. The fraction of sp³-hybridized carbons (Fsp3) is 0.125. The number of H-pyrrole nitrogens is 1. The number of carbonyl (C=O) groups excluding carboxylic acids is 1. The second-order valence-corrected chi connectivity index (χ2v) is 4.87. The van der Waals surface area contributed by atoms with Crippen LogP contribution < -0.4 is 14.8 Å². The van der Waals surface area contributed by atoms with Crippen molar-refractivity contribution in [2.24, 2.45) is 0 Å². The fourth-order valence-corrected chi connectivity index (χ4v) is 2.23. The number of alkyl halides is 2. The molecule has 3 aromatic rings. The van der Waals surface area contributed by atoms with E-state index in [0.717, 1.165) is 10.9 Å². The minimum absolute atomic E-state index is 0.0493. The maximum absolute atomic E-state index is 12.3. The molecular formula is C16H13F2N3O3. The number of amides is 1. The van der Waals surface area contributed by atoms with Crippen LogP contribution in [0.5, 0.6) is 11.5 Å². The van der Waals surface area contributed by atoms with E-state index in [-0.39, 0.29) is 17.1 Å². The zero-order valence-corrected chi connectivity index (χ0v) is 12.5. The molecule has 0 unspecified atom stereocenters. The minimum Gasteiger partial charge on any atom is -0.493 e. The van der Waals surface area contributed by atoms with E-state index in [1.54, 1.807) is 24.4 Å². The van der Waals surface area contributed by atoms with E-state index in [0.29, 0.717) is 5.69 Å². The van der Waals surface area contributed by atoms with Gasteiger partial charge in [0.2, 0.25) is 0 Å². The highest BCUT2D eigenvalue weighted by Crippen LogP contribution is 2.29. The number of rotatable bonds is 5. The van der Waals surface area contributed by atoms with Gasteiger partial charge in [-0.1, -0.05) is 0 Å². The van der Waals surface area contributed by atoms with Crippen LogP contribution in [0.25, 0.3) is 10.9 Å². The van der Waals surface area contributed by atoms with Crippen LogP contribution >= 0.6 is 0 Å². The van der Waals surface area contributed by atoms with E-state index in [2.05, 4.69) is 20.3 Å². The zero-order chi connectivity index (χ0) is 17.1. The molecule has 124 valence electrons. The van der Waals surface area contributed by atoms with Gasteiger partial charge in [-0.15, -0.1) is 0 Å². The van der Waals surface area contributed by atoms with Gasteiger partial charge in [0.05, 0.1) is 18.8 Å². The molecule has 0 atom stereocenters. The second kappa shape index (κ2) is 6.53. The molecule has 2 N–H and O–H groups in total. The molecule has 0 aliphatic heterocycles. The zero-order valence-electron chi connectivity index (χ0n) is 12.5. The molecule has 0 saturated carbocycles. The van der Waals surface area contributed by atoms with Crippen LogP contribution in [0, 0.1) is 0 Å². The molecule has 1 amide bonds. The number of nitrogens with one attached hydrogen (secondary N) is 2. The summed E-state index contributed by atoms with van der Waals surface area (Å²) in [6.45, 7) is -2.97. The van der Waals surface area contributed by atoms with Crippen molar-refractivity contribution in [3.63, 3.8) is 0 Å². The van der Waals surface area contributed by atoms with Gasteiger partial charge < -0.3 is 14.8 Å². The Balaban J connectivity index is 1.81. The number of benzene rings is 2. The van der Waals surface area contributed by atoms with E-state index in [4.69, 9.17) is 4.74 Å². The van der Waals surface area contributed by atoms with E-state index in [9.17, 15) is 13.6 Å². The molecule has 0 aliphatic carbocycles. The summed E-state index contributed by atoms with van der Waals surface area (Å²) < 4.78 is 34.0. The highest BCUT2D eigenvalue weighted by Gasteiger charge is 2.14. The van der Waals surface area contributed by atoms with Crippen molar-refractivity contribution in [3.05, 3.63) is 48.2 Å². The lowest BCUT2D eigenvalue weighted by molar-refractivity contribution is -0.0512. The highest BCUT2D eigenvalue weighted by molar-refractivity contribution is 6.05. The Morgan fingerprint density at radius 1 is 1.21 bits per heavy atom. The molecule has 0 fully saturated rings. The van der Waals surface area contributed by atoms with Crippen molar-refractivity contribution in [2.75, 3.05) is 12.4 Å². The molecule has 0 bridgehead atoms. The molecule has 2 aromatic carbocycles. The first kappa shape index (κ1) is 15.7. The number of aromatic amines is 1. The standard InChI is InChI=1S/C16H13F2N3O3/c1-23-14-7-9(2-5-13(14)24-16(17)18)15(22)20-11-3-4-12-10(6-11)8-19-21-12/h2-8,16H,1H3,(H,19,21)(H,20,22). The van der Waals surface area contributed by atoms with Crippen molar-refractivity contribution >= 4 is 22.5 Å². The van der Waals surface area contributed by atoms with E-state index < -0.39 is 12.5 Å². The molecular weight excluding hydrogens is 320 g/mol. The Hall–Kier alpha value is -3.16. The number of fused-ring (bicyclic) bond motifs is 1. The topological polar surface area (TPSA) is 76.2 Å². The van der Waals surface area contributed by atoms with Gasteiger partial charge in [-0.05, 0) is 36.4 Å². The number of halogens is 2. The molecule has 0 radical (unpaired) electrons. The smallest absolute Gasteiger partial charge is 0.387 e. The average Bonchev–Trinajstić information content (AvgIpc) is 3.02. The molecule has 3 rings (SSSR count). The number of ether oxygens (including phenoxy) is 2. The Morgan fingerprint density at radius 3 is 2.79 bits per heavy atom. The Labute approximate surface area is 135 Å². The van der Waals surface area contributed by atoms with Gasteiger partial charge in [0.1, 0.15) is 0 Å². The summed E-state index contributed by atoms with van der Waals surface area (Å²) >= 11 is 0. The maximum Gasteiger partial charge on any atom is 0.387 e. The van der Waals surface area contributed by atoms with Gasteiger partial charge in [-0.3, -0.25) is 9.89 Å². The summed E-state index contributed by atoms with van der Waals surface area (Å²) in [6.07, 6.45) is 1.64. The van der Waals surface area contributed by atoms with Crippen molar-refractivity contribution in [1.29, 1.82) is 0 Å². The molecule has 8 heteroatoms. The van der Waals surface area contributed by atoms with Crippen LogP contribution in [-0.2, 0) is 0 Å². The van der Waals surface area contributed by atoms with Gasteiger partial charge in [0.25, 0.3) is 5.91 Å². The molecule has 0 aliphatic rings. The molecule has 1 heterocycles. The monoisotopic (exact) mass is 333 g/mol. The molecule has 1 aromatic heterocycles. The van der Waals surface area contributed by atoms with Crippen LogP contribution in [0.1, 0.15) is 10.4 Å². The Kier molecular flexibility index (Phi) is 4.28. The quantitative estimate of drug-likeness (QED) is 0.750. The van der Waals surface area contributed by atoms with E-state index in [1.165, 1.54) is 25.3 Å². The summed E-state index contributed by atoms with van der Waals surface area (Å²) in [6, 6.07) is 9.26. The molecule has 0 saturated heterocycles. The van der Waals surface area contributed by atoms with Gasteiger partial charge in [0, 0.05) is 16.6 Å². The summed E-state index contributed by atoms with van der Waals surface area (Å²) in [5.41, 5.74) is 1.68. The number of carbonyl (C=O) groups is 1. The third-order valence-corrected chi connectivity index (χ3v) is 3.34. The minimum atomic E-state index is -2.97. The number of aromatic nitrogens is 2. The van der Waals surface area contributed by atoms with Crippen LogP contribution in [0.2, 0.25) is 0 Å². The lowest BCUT2D eigenvalue weighted by atomic mass is 10.1. The van der Waals surface area contributed by atoms with Crippen LogP contribution in [-0.4, -0.2) is 29.8 Å². The number of hydrogen-bond acceptors (Lipinski definition) is 4. The third kappa shape index (κ3) is 3.27. The number of methoxy groups -OCH3 is 1. The van der Waals surface area contributed by atoms with E-state index in [1.807, 2.05) is 0 Å². The SMILES string of the molecule is COc1cc(C(=O)Nc2ccc3[nH]ncc3c2)ccc1OC(F)F. The van der Waals surface area contributed by atoms with Gasteiger partial charge in [-0.2, -0.15) is 13.9 Å². The summed E-state index contributed by atoms with van der Waals surface area (Å²) in [4.78, 5) is 12.3. The number of nitrogens with zero attached hydrogens (tertiary/aromatic N) is 1. The normalized spacial score (nSPS) is 10.8. The first-order chi connectivity index (χ1) is 11.6. The maximum atomic E-state index is 12.3. The predicted octanol–water partition coefficient (Wildman–Crippen LogP) is 3.43. The molecule has 0 spiro atoms. The average molecular weight is 333 g/mol. The summed E-state index contributed by atoms with van der Waals surface area (Å²) in [5, 5.41) is 10.3. The lowest BCUT2D eigenvalue weighted by Gasteiger charge is -2.11. The Bertz CT molecular complexity index is 880. The van der Waals surface area contributed by atoms with E-state index >= 15 is 0 Å². The van der Waals surface area contributed by atoms with Crippen molar-refractivity contribution in [2.45, 2.75) is 6.61 Å². The van der Waals surface area contributed by atoms with Crippen LogP contribution in [0.4, 0.5) is 14.5 Å². The number of anilines is 1. The fourth-order valence-electron chi connectivity index (χ4n) is 2.23. The highest BCUT2D eigenvalue weighted by atomic mass is 19.3. The van der Waals surface area contributed by atoms with Crippen LogP contribution in [0.15, 0.2) is 42.6 Å². The molecule has 6 nitrogen and oxygen atoms in total. The predicted molar refractivity (Wildman–Crippen MR) is 83.7 cm³/mol. The van der Waals surface area contributed by atoms with Crippen molar-refractivity contribution in [3.8, 4) is 11.5 Å². The van der Waals surface area contributed by atoms with Crippen LogP contribution in [0.3, 0.4) is 0 Å². The van der Waals surface area contributed by atoms with Gasteiger partial charge >= 0.3 is 6.61 Å².